The average molecular weight is 231 g/mol. The fraction of sp³-hybridized carbons (Fsp3) is 0.909. The number of rotatable bonds is 1. The number of aliphatic hydroxyl groups excluding tert-OH is 1. The number of hydrogen-bond donors (Lipinski definition) is 2. The Morgan fingerprint density at radius 2 is 2.12 bits per heavy atom. The van der Waals surface area contributed by atoms with Crippen LogP contribution < -0.4 is 0 Å². The second kappa shape index (κ2) is 4.22. The third-order valence-electron chi connectivity index (χ3n) is 2.75. The highest BCUT2D eigenvalue weighted by molar-refractivity contribution is 5.69. The maximum Gasteiger partial charge on any atom is 0.410 e. The van der Waals surface area contributed by atoms with Crippen molar-refractivity contribution in [2.75, 3.05) is 13.2 Å². The number of amides is 1. The van der Waals surface area contributed by atoms with Gasteiger partial charge in [-0.1, -0.05) is 0 Å². The molecule has 16 heavy (non-hydrogen) atoms. The molecule has 1 saturated heterocycles. The second-order valence-electron chi connectivity index (χ2n) is 5.48. The predicted octanol–water partition coefficient (Wildman–Crippen LogP) is 0.739. The van der Waals surface area contributed by atoms with Crippen LogP contribution in [0.4, 0.5) is 4.79 Å². The summed E-state index contributed by atoms with van der Waals surface area (Å²) in [7, 11) is 0. The van der Waals surface area contributed by atoms with Crippen molar-refractivity contribution < 1.29 is 19.7 Å². The van der Waals surface area contributed by atoms with Gasteiger partial charge in [0.1, 0.15) is 5.60 Å². The van der Waals surface area contributed by atoms with E-state index in [2.05, 4.69) is 0 Å². The molecule has 0 aromatic carbocycles. The van der Waals surface area contributed by atoms with E-state index in [-0.39, 0.29) is 6.61 Å². The second-order valence-corrected chi connectivity index (χ2v) is 5.48. The molecule has 5 nitrogen and oxygen atoms in total. The summed E-state index contributed by atoms with van der Waals surface area (Å²) in [5, 5.41) is 19.2. The van der Waals surface area contributed by atoms with Gasteiger partial charge in [-0.2, -0.15) is 0 Å². The van der Waals surface area contributed by atoms with Crippen molar-refractivity contribution in [3.63, 3.8) is 0 Å². The monoisotopic (exact) mass is 231 g/mol. The standard InChI is InChI=1S/C11H21NO4/c1-10(2,3)16-9(14)12-6-5-11(4,15)8(12)7-13/h8,13,15H,5-7H2,1-4H3/t8-,11+/m1/s1. The van der Waals surface area contributed by atoms with E-state index in [1.54, 1.807) is 27.7 Å². The number of nitrogens with zero attached hydrogens (tertiary/aromatic N) is 1. The molecular formula is C11H21NO4. The van der Waals surface area contributed by atoms with Gasteiger partial charge in [-0.05, 0) is 34.1 Å². The Balaban J connectivity index is 2.71. The first-order valence-corrected chi connectivity index (χ1v) is 5.50. The van der Waals surface area contributed by atoms with Gasteiger partial charge in [0, 0.05) is 6.54 Å². The minimum atomic E-state index is -1.04. The molecular weight excluding hydrogens is 210 g/mol. The van der Waals surface area contributed by atoms with E-state index in [0.29, 0.717) is 13.0 Å². The lowest BCUT2D eigenvalue weighted by atomic mass is 9.98. The van der Waals surface area contributed by atoms with Crippen LogP contribution in [0.5, 0.6) is 0 Å². The van der Waals surface area contributed by atoms with Gasteiger partial charge in [0.25, 0.3) is 0 Å². The molecule has 1 amide bonds. The van der Waals surface area contributed by atoms with Gasteiger partial charge in [0.05, 0.1) is 18.2 Å². The Hall–Kier alpha value is -0.810. The van der Waals surface area contributed by atoms with Crippen LogP contribution >= 0.6 is 0 Å². The summed E-state index contributed by atoms with van der Waals surface area (Å²) in [6, 6.07) is -0.581. The summed E-state index contributed by atoms with van der Waals surface area (Å²) in [6.07, 6.45) is -0.0263. The normalized spacial score (nSPS) is 30.6. The Bertz CT molecular complexity index is 270. The minimum Gasteiger partial charge on any atom is -0.444 e. The maximum atomic E-state index is 11.8. The van der Waals surface area contributed by atoms with Gasteiger partial charge in [-0.3, -0.25) is 4.90 Å². The lowest BCUT2D eigenvalue weighted by Gasteiger charge is -2.31. The number of hydrogen-bond acceptors (Lipinski definition) is 4. The van der Waals surface area contributed by atoms with Crippen LogP contribution in [0.3, 0.4) is 0 Å². The molecule has 0 aromatic rings. The van der Waals surface area contributed by atoms with Crippen LogP contribution in [0.25, 0.3) is 0 Å². The first kappa shape index (κ1) is 13.3. The van der Waals surface area contributed by atoms with Crippen molar-refractivity contribution in [2.45, 2.75) is 51.4 Å². The molecule has 2 N–H and O–H groups in total. The SMILES string of the molecule is CC(C)(C)OC(=O)N1CC[C@](C)(O)[C@H]1CO. The average Bonchev–Trinajstić information content (AvgIpc) is 2.37. The van der Waals surface area contributed by atoms with Crippen molar-refractivity contribution in [1.29, 1.82) is 0 Å². The maximum absolute atomic E-state index is 11.8. The zero-order chi connectivity index (χ0) is 12.6. The molecule has 1 fully saturated rings. The number of carbonyl (C=O) groups is 1. The smallest absolute Gasteiger partial charge is 0.410 e. The zero-order valence-electron chi connectivity index (χ0n) is 10.4. The van der Waals surface area contributed by atoms with Crippen LogP contribution in [-0.2, 0) is 4.74 Å². The molecule has 1 rings (SSSR count). The third-order valence-corrected chi connectivity index (χ3v) is 2.75. The number of ether oxygens (including phenoxy) is 1. The predicted molar refractivity (Wildman–Crippen MR) is 59.1 cm³/mol. The van der Waals surface area contributed by atoms with Crippen LogP contribution in [0.2, 0.25) is 0 Å². The Labute approximate surface area is 96.0 Å². The molecule has 1 aliphatic rings. The van der Waals surface area contributed by atoms with Gasteiger partial charge < -0.3 is 14.9 Å². The summed E-state index contributed by atoms with van der Waals surface area (Å²) in [4.78, 5) is 13.2. The fourth-order valence-corrected chi connectivity index (χ4v) is 1.84. The third kappa shape index (κ3) is 2.86. The molecule has 0 aliphatic carbocycles. The first-order chi connectivity index (χ1) is 7.17. The van der Waals surface area contributed by atoms with Gasteiger partial charge in [-0.15, -0.1) is 0 Å². The first-order valence-electron chi connectivity index (χ1n) is 5.50. The highest BCUT2D eigenvalue weighted by atomic mass is 16.6. The quantitative estimate of drug-likeness (QED) is 0.698. The Morgan fingerprint density at radius 1 is 1.56 bits per heavy atom. The van der Waals surface area contributed by atoms with Crippen molar-refractivity contribution in [3.8, 4) is 0 Å². The Morgan fingerprint density at radius 3 is 2.56 bits per heavy atom. The summed E-state index contributed by atoms with van der Waals surface area (Å²) >= 11 is 0. The van der Waals surface area contributed by atoms with Crippen LogP contribution in [0, 0.1) is 0 Å². The van der Waals surface area contributed by atoms with E-state index in [1.165, 1.54) is 4.90 Å². The van der Waals surface area contributed by atoms with Crippen LogP contribution in [0.15, 0.2) is 0 Å². The number of likely N-dealkylation sites (tertiary alicyclic amines) is 1. The summed E-state index contributed by atoms with van der Waals surface area (Å²) < 4.78 is 5.21. The van der Waals surface area contributed by atoms with E-state index in [0.717, 1.165) is 0 Å². The van der Waals surface area contributed by atoms with Crippen molar-refractivity contribution in [2.24, 2.45) is 0 Å². The van der Waals surface area contributed by atoms with E-state index in [1.807, 2.05) is 0 Å². The lowest BCUT2D eigenvalue weighted by molar-refractivity contribution is -0.0219. The van der Waals surface area contributed by atoms with E-state index < -0.39 is 23.3 Å². The molecule has 0 unspecified atom stereocenters. The van der Waals surface area contributed by atoms with Crippen LogP contribution in [-0.4, -0.2) is 51.6 Å². The Kier molecular flexibility index (Phi) is 3.50. The minimum absolute atomic E-state index is 0.258. The summed E-state index contributed by atoms with van der Waals surface area (Å²) in [6.45, 7) is 7.13. The molecule has 0 saturated carbocycles. The van der Waals surface area contributed by atoms with E-state index in [9.17, 15) is 15.0 Å². The molecule has 1 aliphatic heterocycles. The number of carbonyl (C=O) groups excluding carboxylic acids is 1. The molecule has 5 heteroatoms. The lowest BCUT2D eigenvalue weighted by Crippen LogP contribution is -2.48. The molecule has 94 valence electrons. The van der Waals surface area contributed by atoms with Crippen molar-refractivity contribution in [1.82, 2.24) is 4.90 Å². The largest absolute Gasteiger partial charge is 0.444 e. The van der Waals surface area contributed by atoms with Gasteiger partial charge in [-0.25, -0.2) is 4.79 Å². The van der Waals surface area contributed by atoms with Crippen molar-refractivity contribution >= 4 is 6.09 Å². The number of aliphatic hydroxyl groups is 2. The molecule has 0 radical (unpaired) electrons. The molecule has 0 bridgehead atoms. The van der Waals surface area contributed by atoms with E-state index >= 15 is 0 Å². The van der Waals surface area contributed by atoms with Gasteiger partial charge in [0.2, 0.25) is 0 Å². The molecule has 2 atom stereocenters. The van der Waals surface area contributed by atoms with Crippen molar-refractivity contribution in [3.05, 3.63) is 0 Å². The highest BCUT2D eigenvalue weighted by Crippen LogP contribution is 2.29. The van der Waals surface area contributed by atoms with E-state index in [4.69, 9.17) is 4.74 Å². The fourth-order valence-electron chi connectivity index (χ4n) is 1.84. The molecule has 0 aromatic heterocycles. The highest BCUT2D eigenvalue weighted by Gasteiger charge is 2.45. The summed E-state index contributed by atoms with van der Waals surface area (Å²) in [5.41, 5.74) is -1.60. The molecule has 0 spiro atoms. The molecule has 1 heterocycles. The van der Waals surface area contributed by atoms with Crippen LogP contribution in [0.1, 0.15) is 34.1 Å². The zero-order valence-corrected chi connectivity index (χ0v) is 10.4. The summed E-state index contributed by atoms with van der Waals surface area (Å²) in [5.74, 6) is 0. The van der Waals surface area contributed by atoms with Gasteiger partial charge >= 0.3 is 6.09 Å². The van der Waals surface area contributed by atoms with Gasteiger partial charge in [0.15, 0.2) is 0 Å². The topological polar surface area (TPSA) is 70.0 Å².